The Labute approximate surface area is 127 Å². The van der Waals surface area contributed by atoms with Gasteiger partial charge in [0.15, 0.2) is 0 Å². The van der Waals surface area contributed by atoms with Crippen LogP contribution in [0.3, 0.4) is 0 Å². The highest BCUT2D eigenvalue weighted by Gasteiger charge is 2.13. The van der Waals surface area contributed by atoms with Crippen LogP contribution in [0, 0.1) is 0 Å². The Morgan fingerprint density at radius 3 is 2.76 bits per heavy atom. The Balaban J connectivity index is 2.07. The number of nitrogens with one attached hydrogen (secondary N) is 1. The maximum absolute atomic E-state index is 5.50. The molecule has 0 aliphatic rings. The lowest BCUT2D eigenvalue weighted by atomic mass is 10.2. The van der Waals surface area contributed by atoms with Crippen LogP contribution in [0.25, 0.3) is 10.9 Å². The number of hydrogen-bond acceptors (Lipinski definition) is 6. The van der Waals surface area contributed by atoms with Crippen LogP contribution in [-0.4, -0.2) is 16.5 Å². The van der Waals surface area contributed by atoms with Gasteiger partial charge in [0.25, 0.3) is 0 Å². The van der Waals surface area contributed by atoms with Gasteiger partial charge < -0.3 is 4.90 Å². The van der Waals surface area contributed by atoms with E-state index in [1.54, 1.807) is 11.3 Å². The number of rotatable bonds is 5. The molecule has 0 spiro atoms. The van der Waals surface area contributed by atoms with Crippen molar-refractivity contribution in [1.29, 1.82) is 0 Å². The van der Waals surface area contributed by atoms with E-state index in [2.05, 4.69) is 44.7 Å². The van der Waals surface area contributed by atoms with Gasteiger partial charge in [0.05, 0.1) is 12.1 Å². The number of para-hydroxylation sites is 1. The van der Waals surface area contributed by atoms with Crippen molar-refractivity contribution >= 4 is 34.0 Å². The van der Waals surface area contributed by atoms with Crippen LogP contribution < -0.4 is 16.2 Å². The summed E-state index contributed by atoms with van der Waals surface area (Å²) in [6, 6.07) is 12.2. The molecule has 5 nitrogen and oxygen atoms in total. The highest BCUT2D eigenvalue weighted by molar-refractivity contribution is 7.09. The molecule has 2 heterocycles. The number of fused-ring (bicyclic) bond motifs is 1. The molecule has 0 bridgehead atoms. The standard InChI is InChI=1S/C15H17N5S/c1-2-20(10-11-6-5-9-21-11)14-12-7-3-4-8-13(12)17-15(18-14)19-16/h3-9H,2,10,16H2,1H3,(H,17,18,19). The van der Waals surface area contributed by atoms with Crippen molar-refractivity contribution < 1.29 is 0 Å². The first-order valence-electron chi connectivity index (χ1n) is 6.82. The molecule has 1 aromatic carbocycles. The number of anilines is 2. The lowest BCUT2D eigenvalue weighted by molar-refractivity contribution is 0.826. The summed E-state index contributed by atoms with van der Waals surface area (Å²) in [6.07, 6.45) is 0. The molecule has 0 saturated heterocycles. The van der Waals surface area contributed by atoms with Crippen molar-refractivity contribution in [2.24, 2.45) is 5.84 Å². The monoisotopic (exact) mass is 299 g/mol. The molecule has 21 heavy (non-hydrogen) atoms. The van der Waals surface area contributed by atoms with Crippen LogP contribution in [0.15, 0.2) is 41.8 Å². The third-order valence-electron chi connectivity index (χ3n) is 3.32. The summed E-state index contributed by atoms with van der Waals surface area (Å²) in [5, 5.41) is 3.13. The number of nitrogens with two attached hydrogens (primary N) is 1. The van der Waals surface area contributed by atoms with Gasteiger partial charge in [-0.05, 0) is 30.5 Å². The summed E-state index contributed by atoms with van der Waals surface area (Å²) in [4.78, 5) is 12.5. The van der Waals surface area contributed by atoms with Crippen molar-refractivity contribution in [3.8, 4) is 0 Å². The first-order valence-corrected chi connectivity index (χ1v) is 7.70. The van der Waals surface area contributed by atoms with Crippen molar-refractivity contribution in [2.75, 3.05) is 16.9 Å². The summed E-state index contributed by atoms with van der Waals surface area (Å²) >= 11 is 1.75. The van der Waals surface area contributed by atoms with Gasteiger partial charge in [0.1, 0.15) is 5.82 Å². The van der Waals surface area contributed by atoms with Crippen molar-refractivity contribution in [1.82, 2.24) is 9.97 Å². The van der Waals surface area contributed by atoms with E-state index in [0.717, 1.165) is 29.8 Å². The van der Waals surface area contributed by atoms with E-state index in [-0.39, 0.29) is 0 Å². The van der Waals surface area contributed by atoms with Crippen molar-refractivity contribution in [3.05, 3.63) is 46.7 Å². The largest absolute Gasteiger partial charge is 0.351 e. The molecule has 0 unspecified atom stereocenters. The summed E-state index contributed by atoms with van der Waals surface area (Å²) in [7, 11) is 0. The van der Waals surface area contributed by atoms with Crippen molar-refractivity contribution in [3.63, 3.8) is 0 Å². The zero-order valence-electron chi connectivity index (χ0n) is 11.8. The third kappa shape index (κ3) is 2.81. The molecule has 0 saturated carbocycles. The zero-order valence-corrected chi connectivity index (χ0v) is 12.6. The zero-order chi connectivity index (χ0) is 14.7. The van der Waals surface area contributed by atoms with E-state index in [4.69, 9.17) is 5.84 Å². The molecule has 0 fully saturated rings. The van der Waals surface area contributed by atoms with E-state index in [9.17, 15) is 0 Å². The Bertz CT molecular complexity index is 726. The van der Waals surface area contributed by atoms with Crippen LogP contribution in [-0.2, 0) is 6.54 Å². The molecule has 3 rings (SSSR count). The van der Waals surface area contributed by atoms with Gasteiger partial charge in [-0.1, -0.05) is 18.2 Å². The van der Waals surface area contributed by atoms with Crippen LogP contribution in [0.1, 0.15) is 11.8 Å². The quantitative estimate of drug-likeness (QED) is 0.560. The molecule has 2 aromatic heterocycles. The maximum atomic E-state index is 5.50. The second kappa shape index (κ2) is 6.07. The Morgan fingerprint density at radius 1 is 1.19 bits per heavy atom. The van der Waals surface area contributed by atoms with E-state index in [0.29, 0.717) is 5.95 Å². The van der Waals surface area contributed by atoms with Gasteiger partial charge in [0.2, 0.25) is 5.95 Å². The summed E-state index contributed by atoms with van der Waals surface area (Å²) < 4.78 is 0. The van der Waals surface area contributed by atoms with Gasteiger partial charge in [-0.15, -0.1) is 11.3 Å². The highest BCUT2D eigenvalue weighted by atomic mass is 32.1. The number of hydrogen-bond donors (Lipinski definition) is 2. The first-order chi connectivity index (χ1) is 10.3. The summed E-state index contributed by atoms with van der Waals surface area (Å²) in [5.41, 5.74) is 3.44. The number of thiophene rings is 1. The smallest absolute Gasteiger partial charge is 0.239 e. The van der Waals surface area contributed by atoms with E-state index in [1.165, 1.54) is 4.88 Å². The van der Waals surface area contributed by atoms with Gasteiger partial charge >= 0.3 is 0 Å². The molecule has 3 aromatic rings. The van der Waals surface area contributed by atoms with E-state index < -0.39 is 0 Å². The molecule has 0 amide bonds. The maximum Gasteiger partial charge on any atom is 0.239 e. The topological polar surface area (TPSA) is 67.1 Å². The lowest BCUT2D eigenvalue weighted by Crippen LogP contribution is -2.24. The molecular weight excluding hydrogens is 282 g/mol. The summed E-state index contributed by atoms with van der Waals surface area (Å²) in [5.74, 6) is 6.84. The summed E-state index contributed by atoms with van der Waals surface area (Å²) in [6.45, 7) is 3.82. The SMILES string of the molecule is CCN(Cc1cccs1)c1nc(NN)nc2ccccc12. The predicted molar refractivity (Wildman–Crippen MR) is 88.4 cm³/mol. The molecule has 0 radical (unpaired) electrons. The average Bonchev–Trinajstić information content (AvgIpc) is 3.04. The van der Waals surface area contributed by atoms with Gasteiger partial charge in [0, 0.05) is 16.8 Å². The fourth-order valence-electron chi connectivity index (χ4n) is 2.29. The minimum Gasteiger partial charge on any atom is -0.351 e. The normalized spacial score (nSPS) is 10.8. The van der Waals surface area contributed by atoms with E-state index in [1.807, 2.05) is 24.3 Å². The second-order valence-electron chi connectivity index (χ2n) is 4.63. The number of nitrogen functional groups attached to an aromatic ring is 1. The van der Waals surface area contributed by atoms with Crippen molar-refractivity contribution in [2.45, 2.75) is 13.5 Å². The molecule has 6 heteroatoms. The molecule has 0 atom stereocenters. The fourth-order valence-corrected chi connectivity index (χ4v) is 3.01. The lowest BCUT2D eigenvalue weighted by Gasteiger charge is -2.23. The van der Waals surface area contributed by atoms with Gasteiger partial charge in [-0.25, -0.2) is 10.8 Å². The minimum absolute atomic E-state index is 0.438. The molecule has 0 aliphatic carbocycles. The molecule has 3 N–H and O–H groups in total. The first kappa shape index (κ1) is 13.8. The molecule has 108 valence electrons. The van der Waals surface area contributed by atoms with Gasteiger partial charge in [-0.3, -0.25) is 5.43 Å². The average molecular weight is 299 g/mol. The number of hydrazine groups is 1. The number of benzene rings is 1. The van der Waals surface area contributed by atoms with Crippen LogP contribution in [0.2, 0.25) is 0 Å². The second-order valence-corrected chi connectivity index (χ2v) is 5.66. The molecular formula is C15H17N5S. The predicted octanol–water partition coefficient (Wildman–Crippen LogP) is 3.00. The molecule has 0 aliphatic heterocycles. The number of nitrogens with zero attached hydrogens (tertiary/aromatic N) is 3. The minimum atomic E-state index is 0.438. The third-order valence-corrected chi connectivity index (χ3v) is 4.18. The highest BCUT2D eigenvalue weighted by Crippen LogP contribution is 2.27. The van der Waals surface area contributed by atoms with Gasteiger partial charge in [-0.2, -0.15) is 4.98 Å². The van der Waals surface area contributed by atoms with E-state index >= 15 is 0 Å². The Hall–Kier alpha value is -2.18. The Kier molecular flexibility index (Phi) is 3.98. The van der Waals surface area contributed by atoms with Crippen LogP contribution >= 0.6 is 11.3 Å². The fraction of sp³-hybridized carbons (Fsp3) is 0.200. The van der Waals surface area contributed by atoms with Crippen LogP contribution in [0.4, 0.5) is 11.8 Å². The Morgan fingerprint density at radius 2 is 2.05 bits per heavy atom. The van der Waals surface area contributed by atoms with Crippen LogP contribution in [0.5, 0.6) is 0 Å². The number of aromatic nitrogens is 2.